The zero-order chi connectivity index (χ0) is 16.4. The van der Waals surface area contributed by atoms with Crippen LogP contribution in [0.5, 0.6) is 0 Å². The molecule has 3 aromatic rings. The molecule has 0 aliphatic rings. The van der Waals surface area contributed by atoms with Crippen molar-refractivity contribution in [3.63, 3.8) is 0 Å². The summed E-state index contributed by atoms with van der Waals surface area (Å²) in [5.74, 6) is -0.198. The summed E-state index contributed by atoms with van der Waals surface area (Å²) >= 11 is 0. The molecule has 5 nitrogen and oxygen atoms in total. The van der Waals surface area contributed by atoms with Gasteiger partial charge in [0.2, 0.25) is 17.8 Å². The van der Waals surface area contributed by atoms with Crippen LogP contribution in [-0.4, -0.2) is 15.3 Å². The highest BCUT2D eigenvalue weighted by Gasteiger charge is 2.19. The van der Waals surface area contributed by atoms with Gasteiger partial charge in [0.25, 0.3) is 0 Å². The number of pyridine rings is 3. The third kappa shape index (κ3) is 2.90. The van der Waals surface area contributed by atoms with Crippen LogP contribution in [0.25, 0.3) is 11.0 Å². The van der Waals surface area contributed by atoms with Crippen LogP contribution in [0.2, 0.25) is 0 Å². The number of carbonyl (C=O) groups excluding carboxylic acids is 1. The minimum Gasteiger partial charge on any atom is -0.332 e. The number of aryl methyl sites for hydroxylation is 2. The lowest BCUT2D eigenvalue weighted by atomic mass is 10.1. The van der Waals surface area contributed by atoms with E-state index in [0.29, 0.717) is 17.6 Å². The summed E-state index contributed by atoms with van der Waals surface area (Å²) in [5, 5.41) is 0.487. The predicted molar refractivity (Wildman–Crippen MR) is 87.4 cm³/mol. The highest BCUT2D eigenvalue weighted by atomic mass is 16.1. The monoisotopic (exact) mass is 308 g/mol. The third-order valence-corrected chi connectivity index (χ3v) is 3.81. The summed E-state index contributed by atoms with van der Waals surface area (Å²) in [6.45, 7) is 4.64. The van der Waals surface area contributed by atoms with Gasteiger partial charge in [-0.15, -0.1) is 0 Å². The summed E-state index contributed by atoms with van der Waals surface area (Å²) in [6.07, 6.45) is 5.24. The maximum absolute atomic E-state index is 12.7. The summed E-state index contributed by atoms with van der Waals surface area (Å²) in [4.78, 5) is 29.7. The third-order valence-electron chi connectivity index (χ3n) is 3.81. The number of hydrogen-bond donors (Lipinski definition) is 0. The Morgan fingerprint density at radius 1 is 1.22 bits per heavy atom. The van der Waals surface area contributed by atoms with Crippen molar-refractivity contribution >= 4 is 16.8 Å². The number of rotatable bonds is 4. The van der Waals surface area contributed by atoms with Crippen molar-refractivity contribution in [1.82, 2.24) is 9.55 Å². The lowest BCUT2D eigenvalue weighted by Gasteiger charge is -2.10. The van der Waals surface area contributed by atoms with Crippen molar-refractivity contribution in [2.24, 2.45) is 0 Å². The Balaban J connectivity index is 2.11. The molecule has 116 valence electrons. The summed E-state index contributed by atoms with van der Waals surface area (Å²) in [7, 11) is 0. The van der Waals surface area contributed by atoms with Crippen molar-refractivity contribution in [2.45, 2.75) is 26.9 Å². The zero-order valence-corrected chi connectivity index (χ0v) is 13.2. The van der Waals surface area contributed by atoms with Crippen LogP contribution in [0.3, 0.4) is 0 Å². The average Bonchev–Trinajstić information content (AvgIpc) is 2.56. The molecule has 3 rings (SSSR count). The van der Waals surface area contributed by atoms with Gasteiger partial charge in [0.05, 0.1) is 10.9 Å². The molecule has 0 unspecified atom stereocenters. The number of carbonyl (C=O) groups is 1. The van der Waals surface area contributed by atoms with Crippen molar-refractivity contribution < 1.29 is 9.36 Å². The fraction of sp³-hybridized carbons (Fsp3) is 0.222. The predicted octanol–water partition coefficient (Wildman–Crippen LogP) is 1.90. The molecule has 23 heavy (non-hydrogen) atoms. The molecule has 0 fully saturated rings. The van der Waals surface area contributed by atoms with Crippen LogP contribution >= 0.6 is 0 Å². The molecule has 0 aromatic carbocycles. The van der Waals surface area contributed by atoms with E-state index in [2.05, 4.69) is 4.98 Å². The van der Waals surface area contributed by atoms with Gasteiger partial charge in [0.1, 0.15) is 5.65 Å². The summed E-state index contributed by atoms with van der Waals surface area (Å²) in [6, 6.07) is 9.13. The van der Waals surface area contributed by atoms with Gasteiger partial charge in [-0.05, 0) is 26.0 Å². The van der Waals surface area contributed by atoms with Crippen LogP contribution in [0.1, 0.15) is 23.0 Å². The summed E-state index contributed by atoms with van der Waals surface area (Å²) < 4.78 is 3.61. The highest BCUT2D eigenvalue weighted by Crippen LogP contribution is 2.11. The van der Waals surface area contributed by atoms with Gasteiger partial charge in [-0.1, -0.05) is 6.07 Å². The normalized spacial score (nSPS) is 10.9. The van der Waals surface area contributed by atoms with Gasteiger partial charge < -0.3 is 4.57 Å². The van der Waals surface area contributed by atoms with Crippen LogP contribution in [-0.2, 0) is 13.1 Å². The second-order valence-electron chi connectivity index (χ2n) is 5.45. The molecule has 0 spiro atoms. The molecule has 0 bridgehead atoms. The lowest BCUT2D eigenvalue weighted by Crippen LogP contribution is -2.38. The van der Waals surface area contributed by atoms with Gasteiger partial charge in [0.15, 0.2) is 12.4 Å². The SMILES string of the molecule is CCn1cc(C(=O)C[n+]2ccccc2)c(=O)c2ccc(C)nc21. The fourth-order valence-electron chi connectivity index (χ4n) is 2.59. The maximum Gasteiger partial charge on any atom is 0.232 e. The van der Waals surface area contributed by atoms with Crippen molar-refractivity contribution in [3.8, 4) is 0 Å². The van der Waals surface area contributed by atoms with E-state index in [4.69, 9.17) is 0 Å². The number of hydrogen-bond acceptors (Lipinski definition) is 3. The number of fused-ring (bicyclic) bond motifs is 1. The standard InChI is InChI=1S/C18H18N3O2/c1-3-21-11-15(16(22)12-20-9-5-4-6-10-20)17(23)14-8-7-13(2)19-18(14)21/h4-11H,3,12H2,1-2H3/q+1. The Kier molecular flexibility index (Phi) is 4.02. The van der Waals surface area contributed by atoms with E-state index < -0.39 is 0 Å². The van der Waals surface area contributed by atoms with Crippen LogP contribution in [0.4, 0.5) is 0 Å². The number of Topliss-reactive ketones (excluding diaryl/α,β-unsaturated/α-hetero) is 1. The van der Waals surface area contributed by atoms with E-state index in [-0.39, 0.29) is 23.3 Å². The molecule has 0 saturated carbocycles. The second kappa shape index (κ2) is 6.12. The first-order chi connectivity index (χ1) is 11.1. The van der Waals surface area contributed by atoms with Crippen molar-refractivity contribution in [2.75, 3.05) is 0 Å². The van der Waals surface area contributed by atoms with Crippen LogP contribution in [0, 0.1) is 6.92 Å². The number of aromatic nitrogens is 3. The minimum absolute atomic E-state index is 0.143. The van der Waals surface area contributed by atoms with Gasteiger partial charge in [-0.2, -0.15) is 4.57 Å². The lowest BCUT2D eigenvalue weighted by molar-refractivity contribution is -0.683. The first-order valence-electron chi connectivity index (χ1n) is 7.58. The molecule has 0 saturated heterocycles. The quantitative estimate of drug-likeness (QED) is 0.546. The van der Waals surface area contributed by atoms with Gasteiger partial charge >= 0.3 is 0 Å². The van der Waals surface area contributed by atoms with Gasteiger partial charge in [-0.25, -0.2) is 4.98 Å². The Hall–Kier alpha value is -2.82. The Morgan fingerprint density at radius 3 is 2.65 bits per heavy atom. The smallest absolute Gasteiger partial charge is 0.232 e. The molecule has 3 heterocycles. The minimum atomic E-state index is -0.251. The van der Waals surface area contributed by atoms with E-state index in [1.165, 1.54) is 0 Å². The van der Waals surface area contributed by atoms with E-state index in [0.717, 1.165) is 5.69 Å². The highest BCUT2D eigenvalue weighted by molar-refractivity contribution is 5.97. The first kappa shape index (κ1) is 15.1. The topological polar surface area (TPSA) is 55.8 Å². The second-order valence-corrected chi connectivity index (χ2v) is 5.45. The Bertz CT molecular complexity index is 930. The molecular formula is C18H18N3O2+. The Morgan fingerprint density at radius 2 is 1.96 bits per heavy atom. The van der Waals surface area contributed by atoms with E-state index in [1.54, 1.807) is 22.9 Å². The van der Waals surface area contributed by atoms with E-state index in [1.807, 2.05) is 49.0 Å². The largest absolute Gasteiger partial charge is 0.332 e. The molecule has 0 amide bonds. The molecular weight excluding hydrogens is 290 g/mol. The number of nitrogens with zero attached hydrogens (tertiary/aromatic N) is 3. The van der Waals surface area contributed by atoms with Crippen molar-refractivity contribution in [1.29, 1.82) is 0 Å². The zero-order valence-electron chi connectivity index (χ0n) is 13.2. The molecule has 0 aliphatic carbocycles. The van der Waals surface area contributed by atoms with Crippen molar-refractivity contribution in [3.05, 3.63) is 70.4 Å². The van der Waals surface area contributed by atoms with Crippen LogP contribution < -0.4 is 10.00 Å². The fourth-order valence-corrected chi connectivity index (χ4v) is 2.59. The maximum atomic E-state index is 12.7. The number of ketones is 1. The van der Waals surface area contributed by atoms with Crippen LogP contribution in [0.15, 0.2) is 53.7 Å². The Labute approximate surface area is 133 Å². The summed E-state index contributed by atoms with van der Waals surface area (Å²) in [5.41, 5.74) is 1.43. The first-order valence-corrected chi connectivity index (χ1v) is 7.58. The molecule has 5 heteroatoms. The average molecular weight is 308 g/mol. The van der Waals surface area contributed by atoms with Gasteiger partial charge in [-0.3, -0.25) is 9.59 Å². The molecule has 0 N–H and O–H groups in total. The van der Waals surface area contributed by atoms with E-state index >= 15 is 0 Å². The molecule has 0 aliphatic heterocycles. The van der Waals surface area contributed by atoms with Gasteiger partial charge in [0, 0.05) is 30.6 Å². The molecule has 3 aromatic heterocycles. The molecule has 0 atom stereocenters. The van der Waals surface area contributed by atoms with E-state index in [9.17, 15) is 9.59 Å². The molecule has 0 radical (unpaired) electrons.